The number of rotatable bonds is 4. The molecule has 232 valence electrons. The third-order valence-electron chi connectivity index (χ3n) is 6.98. The van der Waals surface area contributed by atoms with Crippen molar-refractivity contribution in [2.45, 2.75) is 78.7 Å². The summed E-state index contributed by atoms with van der Waals surface area (Å²) in [6.07, 6.45) is 0.980. The molecule has 0 unspecified atom stereocenters. The zero-order valence-corrected chi connectivity index (χ0v) is 26.7. The Balaban J connectivity index is 1.81. The van der Waals surface area contributed by atoms with E-state index in [1.807, 2.05) is 53.7 Å². The molecule has 0 bridgehead atoms. The van der Waals surface area contributed by atoms with Crippen molar-refractivity contribution in [1.29, 1.82) is 0 Å². The first-order chi connectivity index (χ1) is 19.9. The highest BCUT2D eigenvalue weighted by Gasteiger charge is 2.26. The molecule has 1 aliphatic heterocycles. The second-order valence-corrected chi connectivity index (χ2v) is 13.2. The van der Waals surface area contributed by atoms with Crippen molar-refractivity contribution in [2.24, 2.45) is 0 Å². The maximum Gasteiger partial charge on any atom is 0.410 e. The zero-order chi connectivity index (χ0) is 30.6. The molecule has 1 heterocycles. The third-order valence-corrected chi connectivity index (χ3v) is 6.98. The summed E-state index contributed by atoms with van der Waals surface area (Å²) >= 11 is 0. The lowest BCUT2D eigenvalue weighted by Gasteiger charge is -2.33. The summed E-state index contributed by atoms with van der Waals surface area (Å²) < 4.78 is 11.5. The summed E-state index contributed by atoms with van der Waals surface area (Å²) in [5.41, 5.74) is 1.36. The van der Waals surface area contributed by atoms with Gasteiger partial charge in [-0.05, 0) is 78.6 Å². The Labute approximate surface area is 253 Å². The smallest absolute Gasteiger partial charge is 0.410 e. The van der Waals surface area contributed by atoms with Gasteiger partial charge in [-0.25, -0.2) is 9.59 Å². The van der Waals surface area contributed by atoms with E-state index in [4.69, 9.17) is 9.47 Å². The largest absolute Gasteiger partial charge is 0.444 e. The van der Waals surface area contributed by atoms with Gasteiger partial charge in [0.05, 0.1) is 0 Å². The maximum atomic E-state index is 13.2. The molecule has 0 radical (unpaired) electrons. The number of carbonyl (C=O) groups excluding carboxylic acids is 2. The molecule has 0 saturated carbocycles. The lowest BCUT2D eigenvalue weighted by molar-refractivity contribution is 0.0176. The highest BCUT2D eigenvalue weighted by Crippen LogP contribution is 2.15. The fourth-order valence-electron chi connectivity index (χ4n) is 4.96. The molecule has 0 N–H and O–H groups in total. The minimum Gasteiger partial charge on any atom is -0.444 e. The molecule has 3 rings (SSSR count). The van der Waals surface area contributed by atoms with Crippen LogP contribution < -0.4 is 0 Å². The SMILES string of the molecule is CC(C)(C)OC(=O)N1CCCN(C(=O)OC(C)(C)C)CCN(Cc2ccccc2)CCCN(Cc2ccccc2)CC1. The quantitative estimate of drug-likeness (QED) is 0.426. The van der Waals surface area contributed by atoms with Crippen molar-refractivity contribution in [3.8, 4) is 0 Å². The van der Waals surface area contributed by atoms with E-state index in [-0.39, 0.29) is 12.2 Å². The van der Waals surface area contributed by atoms with E-state index in [2.05, 4.69) is 58.3 Å². The van der Waals surface area contributed by atoms with Crippen LogP contribution >= 0.6 is 0 Å². The van der Waals surface area contributed by atoms with Crippen molar-refractivity contribution < 1.29 is 19.1 Å². The van der Waals surface area contributed by atoms with E-state index < -0.39 is 11.2 Å². The molecular weight excluding hydrogens is 528 g/mol. The van der Waals surface area contributed by atoms with Crippen LogP contribution in [-0.2, 0) is 22.6 Å². The Kier molecular flexibility index (Phi) is 12.7. The summed E-state index contributed by atoms with van der Waals surface area (Å²) in [6.45, 7) is 18.4. The molecule has 2 aromatic rings. The average Bonchev–Trinajstić information content (AvgIpc) is 2.90. The van der Waals surface area contributed by atoms with Crippen LogP contribution in [0.3, 0.4) is 0 Å². The Morgan fingerprint density at radius 3 is 1.26 bits per heavy atom. The van der Waals surface area contributed by atoms with Crippen LogP contribution in [0.2, 0.25) is 0 Å². The van der Waals surface area contributed by atoms with Gasteiger partial charge in [0.2, 0.25) is 0 Å². The normalized spacial score (nSPS) is 17.4. The van der Waals surface area contributed by atoms with Gasteiger partial charge < -0.3 is 19.3 Å². The molecule has 0 atom stereocenters. The molecule has 1 aliphatic rings. The zero-order valence-electron chi connectivity index (χ0n) is 26.7. The van der Waals surface area contributed by atoms with Gasteiger partial charge in [0, 0.05) is 52.4 Å². The van der Waals surface area contributed by atoms with Gasteiger partial charge in [0.1, 0.15) is 11.2 Å². The minimum absolute atomic E-state index is 0.313. The molecular formula is C34H52N4O4. The number of ether oxygens (including phenoxy) is 2. The highest BCUT2D eigenvalue weighted by atomic mass is 16.6. The molecule has 2 aromatic carbocycles. The van der Waals surface area contributed by atoms with Gasteiger partial charge in [-0.3, -0.25) is 9.80 Å². The number of amides is 2. The minimum atomic E-state index is -0.579. The van der Waals surface area contributed by atoms with Crippen LogP contribution in [0.4, 0.5) is 9.59 Å². The van der Waals surface area contributed by atoms with Crippen LogP contribution in [0.5, 0.6) is 0 Å². The van der Waals surface area contributed by atoms with E-state index in [9.17, 15) is 9.59 Å². The van der Waals surface area contributed by atoms with Crippen LogP contribution in [0, 0.1) is 0 Å². The molecule has 0 aliphatic carbocycles. The molecule has 1 saturated heterocycles. The average molecular weight is 581 g/mol. The predicted octanol–water partition coefficient (Wildman–Crippen LogP) is 6.26. The number of hydrogen-bond donors (Lipinski definition) is 0. The van der Waals surface area contributed by atoms with Crippen molar-refractivity contribution in [2.75, 3.05) is 52.4 Å². The molecule has 0 spiro atoms. The Hall–Kier alpha value is -3.10. The number of carbonyl (C=O) groups is 2. The van der Waals surface area contributed by atoms with Crippen LogP contribution in [-0.4, -0.2) is 95.3 Å². The van der Waals surface area contributed by atoms with Crippen molar-refractivity contribution >= 4 is 12.2 Å². The molecule has 1 fully saturated rings. The van der Waals surface area contributed by atoms with E-state index in [1.54, 1.807) is 9.80 Å². The van der Waals surface area contributed by atoms with Crippen molar-refractivity contribution in [1.82, 2.24) is 19.6 Å². The molecule has 0 aromatic heterocycles. The van der Waals surface area contributed by atoms with Gasteiger partial charge in [-0.15, -0.1) is 0 Å². The van der Waals surface area contributed by atoms with Crippen LogP contribution in [0.25, 0.3) is 0 Å². The Bertz CT molecular complexity index is 997. The molecule has 8 heteroatoms. The lowest BCUT2D eigenvalue weighted by Crippen LogP contribution is -2.45. The summed E-state index contributed by atoms with van der Waals surface area (Å²) in [7, 11) is 0. The second-order valence-electron chi connectivity index (χ2n) is 13.2. The van der Waals surface area contributed by atoms with Gasteiger partial charge in [-0.1, -0.05) is 60.7 Å². The van der Waals surface area contributed by atoms with E-state index in [0.717, 1.165) is 45.7 Å². The molecule has 8 nitrogen and oxygen atoms in total. The number of nitrogens with zero attached hydrogens (tertiary/aromatic N) is 4. The Morgan fingerprint density at radius 2 is 0.905 bits per heavy atom. The van der Waals surface area contributed by atoms with E-state index in [1.165, 1.54) is 11.1 Å². The maximum absolute atomic E-state index is 13.2. The summed E-state index contributed by atoms with van der Waals surface area (Å²) in [5.74, 6) is 0. The monoisotopic (exact) mass is 580 g/mol. The van der Waals surface area contributed by atoms with Crippen LogP contribution in [0.15, 0.2) is 60.7 Å². The lowest BCUT2D eigenvalue weighted by atomic mass is 10.2. The second kappa shape index (κ2) is 15.9. The molecule has 2 amide bonds. The van der Waals surface area contributed by atoms with Gasteiger partial charge in [-0.2, -0.15) is 0 Å². The van der Waals surface area contributed by atoms with Gasteiger partial charge in [0.25, 0.3) is 0 Å². The summed E-state index contributed by atoms with van der Waals surface area (Å²) in [6, 6.07) is 21.0. The first-order valence-electron chi connectivity index (χ1n) is 15.4. The van der Waals surface area contributed by atoms with E-state index in [0.29, 0.717) is 32.6 Å². The predicted molar refractivity (Wildman–Crippen MR) is 168 cm³/mol. The fourth-order valence-corrected chi connectivity index (χ4v) is 4.96. The van der Waals surface area contributed by atoms with Gasteiger partial charge in [0.15, 0.2) is 0 Å². The number of benzene rings is 2. The Morgan fingerprint density at radius 1 is 0.548 bits per heavy atom. The standard InChI is InChI=1S/C34H52N4O4/c1-33(2,3)41-31(39)37-21-14-22-38(32(40)42-34(4,5)6)26-24-36(28-30-17-11-8-12-18-30)20-13-19-35(23-25-37)27-29-15-9-7-10-16-29/h7-12,15-18H,13-14,19-28H2,1-6H3. The third kappa shape index (κ3) is 12.8. The summed E-state index contributed by atoms with van der Waals surface area (Å²) in [5, 5.41) is 0. The van der Waals surface area contributed by atoms with Crippen LogP contribution in [0.1, 0.15) is 65.5 Å². The first-order valence-corrected chi connectivity index (χ1v) is 15.4. The molecule has 42 heavy (non-hydrogen) atoms. The highest BCUT2D eigenvalue weighted by molar-refractivity contribution is 5.68. The number of hydrogen-bond acceptors (Lipinski definition) is 6. The van der Waals surface area contributed by atoms with Crippen molar-refractivity contribution in [3.63, 3.8) is 0 Å². The van der Waals surface area contributed by atoms with E-state index >= 15 is 0 Å². The van der Waals surface area contributed by atoms with Crippen molar-refractivity contribution in [3.05, 3.63) is 71.8 Å². The summed E-state index contributed by atoms with van der Waals surface area (Å²) in [4.78, 5) is 34.9. The van der Waals surface area contributed by atoms with Gasteiger partial charge >= 0.3 is 12.2 Å². The fraction of sp³-hybridized carbons (Fsp3) is 0.588. The topological polar surface area (TPSA) is 65.6 Å². The first kappa shape index (κ1) is 33.4.